The zero-order valence-electron chi connectivity index (χ0n) is 14.1. The quantitative estimate of drug-likeness (QED) is 0.437. The molecule has 0 fully saturated rings. The van der Waals surface area contributed by atoms with Crippen LogP contribution in [0.1, 0.15) is 20.8 Å². The number of thiazole rings is 1. The van der Waals surface area contributed by atoms with Crippen LogP contribution in [0.4, 0.5) is 10.8 Å². The number of ether oxygens (including phenoxy) is 1. The van der Waals surface area contributed by atoms with Gasteiger partial charge in [0.05, 0.1) is 12.0 Å². The molecule has 0 unspecified atom stereocenters. The predicted octanol–water partition coefficient (Wildman–Crippen LogP) is 4.67. The van der Waals surface area contributed by atoms with Crippen molar-refractivity contribution in [1.29, 1.82) is 0 Å². The molecule has 0 saturated heterocycles. The third-order valence-corrected chi connectivity index (χ3v) is 5.14. The summed E-state index contributed by atoms with van der Waals surface area (Å²) in [6.45, 7) is 0. The molecule has 1 N–H and O–H groups in total. The molecule has 0 saturated carbocycles. The Kier molecular flexibility index (Phi) is 5.82. The van der Waals surface area contributed by atoms with Gasteiger partial charge in [-0.15, -0.1) is 11.3 Å². The van der Waals surface area contributed by atoms with Crippen LogP contribution >= 0.6 is 27.3 Å². The number of carbonyl (C=O) groups excluding carboxylic acids is 1. The lowest BCUT2D eigenvalue weighted by atomic mass is 10.1. The van der Waals surface area contributed by atoms with Gasteiger partial charge in [-0.05, 0) is 29.8 Å². The van der Waals surface area contributed by atoms with Gasteiger partial charge in [-0.2, -0.15) is 0 Å². The summed E-state index contributed by atoms with van der Waals surface area (Å²) in [5.41, 5.74) is 1.03. The third-order valence-electron chi connectivity index (χ3n) is 3.70. The van der Waals surface area contributed by atoms with Crippen molar-refractivity contribution in [2.45, 2.75) is 6.42 Å². The van der Waals surface area contributed by atoms with E-state index in [-0.39, 0.29) is 17.0 Å². The molecule has 138 valence electrons. The van der Waals surface area contributed by atoms with E-state index in [0.29, 0.717) is 11.6 Å². The van der Waals surface area contributed by atoms with Crippen molar-refractivity contribution in [1.82, 2.24) is 4.98 Å². The van der Waals surface area contributed by atoms with E-state index >= 15 is 0 Å². The molecule has 1 aromatic heterocycles. The van der Waals surface area contributed by atoms with Crippen molar-refractivity contribution in [3.05, 3.63) is 79.3 Å². The highest BCUT2D eigenvalue weighted by Crippen LogP contribution is 2.28. The van der Waals surface area contributed by atoms with Crippen LogP contribution in [0.3, 0.4) is 0 Å². The summed E-state index contributed by atoms with van der Waals surface area (Å²) in [4.78, 5) is 28.1. The molecule has 0 spiro atoms. The summed E-state index contributed by atoms with van der Waals surface area (Å²) in [6.07, 6.45) is 2.41. The van der Waals surface area contributed by atoms with Crippen LogP contribution in [-0.4, -0.2) is 22.9 Å². The summed E-state index contributed by atoms with van der Waals surface area (Å²) in [6, 6.07) is 12.0. The normalized spacial score (nSPS) is 10.4. The molecule has 0 radical (unpaired) electrons. The molecule has 3 rings (SSSR count). The third kappa shape index (κ3) is 4.69. The van der Waals surface area contributed by atoms with Crippen molar-refractivity contribution >= 4 is 44.0 Å². The zero-order chi connectivity index (χ0) is 19.4. The number of nitro benzene ring substituents is 1. The highest BCUT2D eigenvalue weighted by molar-refractivity contribution is 9.10. The molecule has 9 heteroatoms. The van der Waals surface area contributed by atoms with Crippen LogP contribution < -0.4 is 10.1 Å². The first-order valence-corrected chi connectivity index (χ1v) is 9.40. The van der Waals surface area contributed by atoms with E-state index in [1.807, 2.05) is 24.3 Å². The van der Waals surface area contributed by atoms with Gasteiger partial charge in [0, 0.05) is 33.6 Å². The number of aromatic nitrogens is 1. The Balaban J connectivity index is 1.71. The van der Waals surface area contributed by atoms with Crippen LogP contribution in [0.15, 0.2) is 53.1 Å². The van der Waals surface area contributed by atoms with E-state index in [1.54, 1.807) is 6.20 Å². The van der Waals surface area contributed by atoms with E-state index in [0.717, 1.165) is 14.9 Å². The largest absolute Gasteiger partial charge is 0.490 e. The van der Waals surface area contributed by atoms with Crippen LogP contribution in [-0.2, 0) is 6.42 Å². The molecule has 0 aliphatic carbocycles. The standard InChI is InChI=1S/C18H14BrN3O4S/c1-26-16-7-4-12(9-15(16)22(24)25)17(23)21-18-20-10-14(27-18)8-11-2-5-13(19)6-3-11/h2-7,9-10H,8H2,1H3,(H,20,21,23). The van der Waals surface area contributed by atoms with Crippen molar-refractivity contribution in [2.24, 2.45) is 0 Å². The second-order valence-electron chi connectivity index (χ2n) is 5.53. The Morgan fingerprint density at radius 1 is 1.30 bits per heavy atom. The van der Waals surface area contributed by atoms with Gasteiger partial charge < -0.3 is 4.74 Å². The number of amides is 1. The highest BCUT2D eigenvalue weighted by Gasteiger charge is 2.19. The van der Waals surface area contributed by atoms with Gasteiger partial charge in [-0.3, -0.25) is 20.2 Å². The van der Waals surface area contributed by atoms with Gasteiger partial charge in [-0.25, -0.2) is 4.98 Å². The number of nitro groups is 1. The first-order chi connectivity index (χ1) is 13.0. The molecule has 2 aromatic carbocycles. The van der Waals surface area contributed by atoms with Crippen molar-refractivity contribution in [3.63, 3.8) is 0 Å². The lowest BCUT2D eigenvalue weighted by molar-refractivity contribution is -0.385. The second-order valence-corrected chi connectivity index (χ2v) is 7.56. The van der Waals surface area contributed by atoms with E-state index < -0.39 is 10.8 Å². The molecule has 1 heterocycles. The number of hydrogen-bond donors (Lipinski definition) is 1. The molecule has 1 amide bonds. The molecule has 0 aliphatic rings. The fourth-order valence-electron chi connectivity index (χ4n) is 2.39. The zero-order valence-corrected chi connectivity index (χ0v) is 16.5. The van der Waals surface area contributed by atoms with Gasteiger partial charge in [-0.1, -0.05) is 28.1 Å². The number of methoxy groups -OCH3 is 1. The molecule has 0 bridgehead atoms. The number of rotatable bonds is 6. The highest BCUT2D eigenvalue weighted by atomic mass is 79.9. The molecule has 3 aromatic rings. The monoisotopic (exact) mass is 447 g/mol. The van der Waals surface area contributed by atoms with Crippen molar-refractivity contribution in [2.75, 3.05) is 12.4 Å². The van der Waals surface area contributed by atoms with Gasteiger partial charge in [0.25, 0.3) is 5.91 Å². The maximum atomic E-state index is 12.4. The fourth-order valence-corrected chi connectivity index (χ4v) is 3.50. The Morgan fingerprint density at radius 3 is 2.70 bits per heavy atom. The number of nitrogens with one attached hydrogen (secondary N) is 1. The average Bonchev–Trinajstić information content (AvgIpc) is 3.09. The fraction of sp³-hybridized carbons (Fsp3) is 0.111. The number of carbonyl (C=O) groups is 1. The number of hydrogen-bond acceptors (Lipinski definition) is 6. The summed E-state index contributed by atoms with van der Waals surface area (Å²) in [5, 5.41) is 14.2. The summed E-state index contributed by atoms with van der Waals surface area (Å²) >= 11 is 4.76. The summed E-state index contributed by atoms with van der Waals surface area (Å²) < 4.78 is 5.95. The molecule has 7 nitrogen and oxygen atoms in total. The molecule has 27 heavy (non-hydrogen) atoms. The van der Waals surface area contributed by atoms with Crippen LogP contribution in [0.2, 0.25) is 0 Å². The number of anilines is 1. The molecular formula is C18H14BrN3O4S. The van der Waals surface area contributed by atoms with Gasteiger partial charge in [0.1, 0.15) is 0 Å². The lowest BCUT2D eigenvalue weighted by Gasteiger charge is -2.05. The maximum absolute atomic E-state index is 12.4. The lowest BCUT2D eigenvalue weighted by Crippen LogP contribution is -2.12. The number of nitrogens with zero attached hydrogens (tertiary/aromatic N) is 2. The van der Waals surface area contributed by atoms with Crippen molar-refractivity contribution < 1.29 is 14.5 Å². The minimum atomic E-state index is -0.588. The number of halogens is 1. The molecule has 0 aliphatic heterocycles. The summed E-state index contributed by atoms with van der Waals surface area (Å²) in [5.74, 6) is -0.368. The van der Waals surface area contributed by atoms with Crippen LogP contribution in [0, 0.1) is 10.1 Å². The van der Waals surface area contributed by atoms with E-state index in [1.165, 1.54) is 36.6 Å². The van der Waals surface area contributed by atoms with Gasteiger partial charge >= 0.3 is 5.69 Å². The van der Waals surface area contributed by atoms with Crippen LogP contribution in [0.5, 0.6) is 5.75 Å². The Bertz CT molecular complexity index is 989. The first-order valence-electron chi connectivity index (χ1n) is 7.79. The SMILES string of the molecule is COc1ccc(C(=O)Nc2ncc(Cc3ccc(Br)cc3)s2)cc1[N+](=O)[O-]. The second kappa shape index (κ2) is 8.28. The topological polar surface area (TPSA) is 94.4 Å². The smallest absolute Gasteiger partial charge is 0.311 e. The molecule has 0 atom stereocenters. The van der Waals surface area contributed by atoms with Crippen molar-refractivity contribution in [3.8, 4) is 5.75 Å². The first kappa shape index (κ1) is 19.0. The predicted molar refractivity (Wildman–Crippen MR) is 107 cm³/mol. The minimum absolute atomic E-state index is 0.0996. The van der Waals surface area contributed by atoms with E-state index in [4.69, 9.17) is 4.74 Å². The minimum Gasteiger partial charge on any atom is -0.490 e. The Morgan fingerprint density at radius 2 is 2.04 bits per heavy atom. The van der Waals surface area contributed by atoms with E-state index in [2.05, 4.69) is 26.2 Å². The van der Waals surface area contributed by atoms with E-state index in [9.17, 15) is 14.9 Å². The van der Waals surface area contributed by atoms with Gasteiger partial charge in [0.15, 0.2) is 10.9 Å². The van der Waals surface area contributed by atoms with Crippen LogP contribution in [0.25, 0.3) is 0 Å². The number of benzene rings is 2. The average molecular weight is 448 g/mol. The maximum Gasteiger partial charge on any atom is 0.311 e. The Hall–Kier alpha value is -2.78. The Labute approximate surface area is 167 Å². The van der Waals surface area contributed by atoms with Gasteiger partial charge in [0.2, 0.25) is 0 Å². The summed E-state index contributed by atoms with van der Waals surface area (Å²) in [7, 11) is 1.34. The molecular weight excluding hydrogens is 434 g/mol.